The Bertz CT molecular complexity index is 1020. The lowest BCUT2D eigenvalue weighted by atomic mass is 9.87. The Balaban J connectivity index is 1.42. The number of amides is 1. The Morgan fingerprint density at radius 2 is 1.86 bits per heavy atom. The maximum absolute atomic E-state index is 12.8. The van der Waals surface area contributed by atoms with E-state index in [1.165, 1.54) is 22.9 Å². The van der Waals surface area contributed by atoms with Gasteiger partial charge in [0.25, 0.3) is 5.22 Å². The zero-order valence-corrected chi connectivity index (χ0v) is 18.0. The third-order valence-corrected chi connectivity index (χ3v) is 6.00. The second kappa shape index (κ2) is 7.67. The highest BCUT2D eigenvalue weighted by Gasteiger charge is 2.30. The van der Waals surface area contributed by atoms with E-state index in [1.807, 2.05) is 35.2 Å². The summed E-state index contributed by atoms with van der Waals surface area (Å²) in [5.74, 6) is 0.797. The number of thioether (sulfide) groups is 1. The lowest BCUT2D eigenvalue weighted by Crippen LogP contribution is -2.36. The van der Waals surface area contributed by atoms with Gasteiger partial charge in [-0.3, -0.25) is 4.79 Å². The molecular formula is C23H25N3O2S. The lowest BCUT2D eigenvalue weighted by Gasteiger charge is -2.22. The van der Waals surface area contributed by atoms with Crippen molar-refractivity contribution < 1.29 is 9.21 Å². The Hall–Kier alpha value is -2.60. The van der Waals surface area contributed by atoms with Crippen molar-refractivity contribution in [3.05, 3.63) is 59.7 Å². The van der Waals surface area contributed by atoms with E-state index in [2.05, 4.69) is 56.1 Å². The number of anilines is 1. The van der Waals surface area contributed by atoms with Crippen molar-refractivity contribution in [3.63, 3.8) is 0 Å². The summed E-state index contributed by atoms with van der Waals surface area (Å²) in [6.07, 6.45) is 0.891. The summed E-state index contributed by atoms with van der Waals surface area (Å²) in [6.45, 7) is 8.62. The quantitative estimate of drug-likeness (QED) is 0.563. The van der Waals surface area contributed by atoms with Crippen molar-refractivity contribution in [1.82, 2.24) is 10.2 Å². The fourth-order valence-corrected chi connectivity index (χ4v) is 4.26. The van der Waals surface area contributed by atoms with Crippen molar-refractivity contribution in [1.29, 1.82) is 0 Å². The molecule has 0 saturated carbocycles. The monoisotopic (exact) mass is 407 g/mol. The number of hydrogen-bond acceptors (Lipinski definition) is 5. The number of carbonyl (C=O) groups excluding carboxylic acids is 1. The van der Waals surface area contributed by atoms with Crippen LogP contribution in [0, 0.1) is 0 Å². The van der Waals surface area contributed by atoms with Crippen LogP contribution in [-0.4, -0.2) is 27.9 Å². The molecule has 1 amide bonds. The number of nitrogens with zero attached hydrogens (tertiary/aromatic N) is 3. The van der Waals surface area contributed by atoms with Crippen LogP contribution < -0.4 is 4.90 Å². The molecule has 4 rings (SSSR count). The van der Waals surface area contributed by atoms with Gasteiger partial charge in [-0.15, -0.1) is 10.2 Å². The number of hydrogen-bond donors (Lipinski definition) is 0. The van der Waals surface area contributed by atoms with Gasteiger partial charge in [0.2, 0.25) is 11.8 Å². The fourth-order valence-electron chi connectivity index (χ4n) is 3.64. The van der Waals surface area contributed by atoms with Crippen molar-refractivity contribution >= 4 is 23.4 Å². The molecule has 3 aromatic rings. The van der Waals surface area contributed by atoms with Crippen molar-refractivity contribution in [3.8, 4) is 11.5 Å². The molecule has 1 aromatic heterocycles. The summed E-state index contributed by atoms with van der Waals surface area (Å²) in [6, 6.07) is 16.4. The summed E-state index contributed by atoms with van der Waals surface area (Å²) >= 11 is 1.28. The lowest BCUT2D eigenvalue weighted by molar-refractivity contribution is -0.116. The third kappa shape index (κ3) is 4.08. The van der Waals surface area contributed by atoms with E-state index in [4.69, 9.17) is 4.42 Å². The molecular weight excluding hydrogens is 382 g/mol. The van der Waals surface area contributed by atoms with Crippen LogP contribution in [0.3, 0.4) is 0 Å². The van der Waals surface area contributed by atoms with Gasteiger partial charge in [-0.05, 0) is 48.1 Å². The highest BCUT2D eigenvalue weighted by molar-refractivity contribution is 7.99. The van der Waals surface area contributed by atoms with Crippen molar-refractivity contribution in [2.45, 2.75) is 50.8 Å². The first-order valence-corrected chi connectivity index (χ1v) is 10.8. The average Bonchev–Trinajstić information content (AvgIpc) is 3.29. The molecule has 1 aliphatic heterocycles. The first-order chi connectivity index (χ1) is 13.8. The Morgan fingerprint density at radius 3 is 2.59 bits per heavy atom. The van der Waals surface area contributed by atoms with Gasteiger partial charge in [0.1, 0.15) is 0 Å². The Kier molecular flexibility index (Phi) is 5.21. The van der Waals surface area contributed by atoms with E-state index < -0.39 is 0 Å². The maximum Gasteiger partial charge on any atom is 0.277 e. The summed E-state index contributed by atoms with van der Waals surface area (Å²) in [5, 5.41) is 8.65. The number of aromatic nitrogens is 2. The summed E-state index contributed by atoms with van der Waals surface area (Å²) in [4.78, 5) is 14.7. The number of rotatable bonds is 4. The largest absolute Gasteiger partial charge is 0.411 e. The van der Waals surface area contributed by atoms with Gasteiger partial charge >= 0.3 is 0 Å². The molecule has 0 saturated heterocycles. The van der Waals surface area contributed by atoms with Crippen LogP contribution in [0.25, 0.3) is 11.5 Å². The van der Waals surface area contributed by atoms with Crippen molar-refractivity contribution in [2.24, 2.45) is 0 Å². The number of benzene rings is 2. The van der Waals surface area contributed by atoms with E-state index in [-0.39, 0.29) is 23.1 Å². The van der Waals surface area contributed by atoms with Gasteiger partial charge < -0.3 is 9.32 Å². The van der Waals surface area contributed by atoms with Gasteiger partial charge in [-0.25, -0.2) is 0 Å². The highest BCUT2D eigenvalue weighted by atomic mass is 32.2. The second-order valence-electron chi connectivity index (χ2n) is 8.43. The number of fused-ring (bicyclic) bond motifs is 1. The minimum absolute atomic E-state index is 0.0572. The van der Waals surface area contributed by atoms with Crippen LogP contribution in [0.1, 0.15) is 38.8 Å². The molecule has 2 heterocycles. The van der Waals surface area contributed by atoms with Crippen LogP contribution >= 0.6 is 11.8 Å². The van der Waals surface area contributed by atoms with Gasteiger partial charge in [0.15, 0.2) is 0 Å². The minimum atomic E-state index is 0.0572. The first kappa shape index (κ1) is 19.7. The van der Waals surface area contributed by atoms with Gasteiger partial charge in [0.05, 0.1) is 5.75 Å². The molecule has 0 aliphatic carbocycles. The third-order valence-electron chi connectivity index (χ3n) is 5.20. The van der Waals surface area contributed by atoms with Crippen LogP contribution in [0.5, 0.6) is 0 Å². The fraction of sp³-hybridized carbons (Fsp3) is 0.348. The standard InChI is InChI=1S/C23H25N3O2S/c1-15-13-17-7-5-6-8-19(17)26(15)20(27)14-29-22-25-24-21(28-22)16-9-11-18(12-10-16)23(2,3)4/h5-12,15H,13-14H2,1-4H3/t15-/m1/s1. The van der Waals surface area contributed by atoms with Crippen LogP contribution in [0.2, 0.25) is 0 Å². The van der Waals surface area contributed by atoms with E-state index in [9.17, 15) is 4.79 Å². The molecule has 0 unspecified atom stereocenters. The molecule has 29 heavy (non-hydrogen) atoms. The van der Waals surface area contributed by atoms with Crippen LogP contribution in [0.15, 0.2) is 58.2 Å². The van der Waals surface area contributed by atoms with Gasteiger partial charge in [-0.1, -0.05) is 62.9 Å². The average molecular weight is 408 g/mol. The maximum atomic E-state index is 12.8. The highest BCUT2D eigenvalue weighted by Crippen LogP contribution is 2.33. The molecule has 0 N–H and O–H groups in total. The van der Waals surface area contributed by atoms with E-state index >= 15 is 0 Å². The molecule has 5 nitrogen and oxygen atoms in total. The Labute approximate surface area is 175 Å². The minimum Gasteiger partial charge on any atom is -0.411 e. The molecule has 0 radical (unpaired) electrons. The van der Waals surface area contributed by atoms with E-state index in [0.29, 0.717) is 11.1 Å². The molecule has 0 bridgehead atoms. The molecule has 1 aliphatic rings. The van der Waals surface area contributed by atoms with Crippen LogP contribution in [-0.2, 0) is 16.6 Å². The Morgan fingerprint density at radius 1 is 1.14 bits per heavy atom. The van der Waals surface area contributed by atoms with Gasteiger partial charge in [-0.2, -0.15) is 0 Å². The summed E-state index contributed by atoms with van der Waals surface area (Å²) in [7, 11) is 0. The second-order valence-corrected chi connectivity index (χ2v) is 9.36. The van der Waals surface area contributed by atoms with Crippen LogP contribution in [0.4, 0.5) is 5.69 Å². The SMILES string of the molecule is C[C@@H]1Cc2ccccc2N1C(=O)CSc1nnc(-c2ccc(C(C)(C)C)cc2)o1. The molecule has 6 heteroatoms. The predicted molar refractivity (Wildman–Crippen MR) is 116 cm³/mol. The molecule has 2 aromatic carbocycles. The van der Waals surface area contributed by atoms with Gasteiger partial charge in [0, 0.05) is 17.3 Å². The zero-order valence-electron chi connectivity index (χ0n) is 17.2. The molecule has 150 valence electrons. The first-order valence-electron chi connectivity index (χ1n) is 9.80. The molecule has 0 spiro atoms. The smallest absolute Gasteiger partial charge is 0.277 e. The normalized spacial score (nSPS) is 16.1. The van der Waals surface area contributed by atoms with E-state index in [0.717, 1.165) is 17.7 Å². The molecule has 0 fully saturated rings. The topological polar surface area (TPSA) is 59.2 Å². The zero-order chi connectivity index (χ0) is 20.6. The predicted octanol–water partition coefficient (Wildman–Crippen LogP) is 5.10. The number of para-hydroxylation sites is 1. The van der Waals surface area contributed by atoms with Crippen molar-refractivity contribution in [2.75, 3.05) is 10.7 Å². The number of carbonyl (C=O) groups is 1. The summed E-state index contributed by atoms with van der Waals surface area (Å²) < 4.78 is 5.77. The summed E-state index contributed by atoms with van der Waals surface area (Å²) in [5.41, 5.74) is 4.46. The molecule has 1 atom stereocenters. The van der Waals surface area contributed by atoms with E-state index in [1.54, 1.807) is 0 Å².